The van der Waals surface area contributed by atoms with Crippen LogP contribution in [0.4, 0.5) is 0 Å². The van der Waals surface area contributed by atoms with Gasteiger partial charge < -0.3 is 4.74 Å². The number of rotatable bonds is 5. The van der Waals surface area contributed by atoms with Crippen molar-refractivity contribution in [1.82, 2.24) is 0 Å². The minimum atomic E-state index is 0.501. The van der Waals surface area contributed by atoms with Gasteiger partial charge in [-0.1, -0.05) is 32.9 Å². The van der Waals surface area contributed by atoms with Crippen LogP contribution in [0.1, 0.15) is 37.8 Å². The van der Waals surface area contributed by atoms with Crippen molar-refractivity contribution >= 4 is 12.6 Å². The minimum Gasteiger partial charge on any atom is -0.496 e. The Morgan fingerprint density at radius 2 is 1.94 bits per heavy atom. The lowest BCUT2D eigenvalue weighted by Gasteiger charge is -2.15. The summed E-state index contributed by atoms with van der Waals surface area (Å²) in [6, 6.07) is 6.50. The predicted molar refractivity (Wildman–Crippen MR) is 73.8 cm³/mol. The second-order valence-electron chi connectivity index (χ2n) is 4.72. The minimum absolute atomic E-state index is 0.501. The molecule has 0 bridgehead atoms. The van der Waals surface area contributed by atoms with Crippen molar-refractivity contribution in [2.24, 2.45) is 5.92 Å². The molecule has 0 amide bonds. The van der Waals surface area contributed by atoms with Crippen molar-refractivity contribution in [3.63, 3.8) is 0 Å². The molecule has 0 aliphatic rings. The number of ether oxygens (including phenoxy) is 1. The maximum atomic E-state index is 5.38. The molecular formula is C14H22OS. The van der Waals surface area contributed by atoms with Crippen LogP contribution in [-0.4, -0.2) is 12.9 Å². The Balaban J connectivity index is 2.93. The summed E-state index contributed by atoms with van der Waals surface area (Å²) in [7, 11) is 1.73. The van der Waals surface area contributed by atoms with Gasteiger partial charge in [0.2, 0.25) is 0 Å². The maximum Gasteiger partial charge on any atom is 0.122 e. The quantitative estimate of drug-likeness (QED) is 0.765. The number of hydrogen-bond acceptors (Lipinski definition) is 2. The van der Waals surface area contributed by atoms with Crippen LogP contribution in [0.2, 0.25) is 0 Å². The lowest BCUT2D eigenvalue weighted by atomic mass is 9.95. The van der Waals surface area contributed by atoms with Gasteiger partial charge in [-0.25, -0.2) is 0 Å². The average Bonchev–Trinajstić information content (AvgIpc) is 2.28. The molecule has 0 radical (unpaired) electrons. The highest BCUT2D eigenvalue weighted by atomic mass is 32.1. The normalized spacial score (nSPS) is 12.9. The molecule has 0 saturated carbocycles. The second kappa shape index (κ2) is 6.19. The monoisotopic (exact) mass is 238 g/mol. The van der Waals surface area contributed by atoms with Gasteiger partial charge in [0.15, 0.2) is 0 Å². The Morgan fingerprint density at radius 1 is 1.25 bits per heavy atom. The highest BCUT2D eigenvalue weighted by Crippen LogP contribution is 2.28. The fraction of sp³-hybridized carbons (Fsp3) is 0.571. The van der Waals surface area contributed by atoms with Crippen LogP contribution in [-0.2, 0) is 6.42 Å². The third kappa shape index (κ3) is 3.44. The zero-order valence-corrected chi connectivity index (χ0v) is 11.6. The average molecular weight is 238 g/mol. The molecule has 0 aliphatic heterocycles. The molecule has 0 saturated heterocycles. The first-order valence-electron chi connectivity index (χ1n) is 5.86. The summed E-state index contributed by atoms with van der Waals surface area (Å²) < 4.78 is 5.38. The smallest absolute Gasteiger partial charge is 0.122 e. The summed E-state index contributed by atoms with van der Waals surface area (Å²) in [5, 5.41) is 0. The van der Waals surface area contributed by atoms with Gasteiger partial charge in [-0.2, -0.15) is 12.6 Å². The molecule has 1 aromatic rings. The Hall–Kier alpha value is -0.630. The van der Waals surface area contributed by atoms with E-state index in [9.17, 15) is 0 Å². The van der Waals surface area contributed by atoms with E-state index in [0.717, 1.165) is 17.9 Å². The van der Waals surface area contributed by atoms with Crippen LogP contribution in [0.3, 0.4) is 0 Å². The molecule has 1 rings (SSSR count). The number of hydrogen-bond donors (Lipinski definition) is 1. The molecule has 0 heterocycles. The number of methoxy groups -OCH3 is 1. The van der Waals surface area contributed by atoms with E-state index in [-0.39, 0.29) is 0 Å². The summed E-state index contributed by atoms with van der Waals surface area (Å²) in [6.07, 6.45) is 1.09. The van der Waals surface area contributed by atoms with Gasteiger partial charge in [0.05, 0.1) is 7.11 Å². The first kappa shape index (κ1) is 13.4. The molecule has 2 heteroatoms. The SMILES string of the molecule is COc1ccc(CC(C)CS)cc1C(C)C. The van der Waals surface area contributed by atoms with Crippen molar-refractivity contribution in [3.05, 3.63) is 29.3 Å². The lowest BCUT2D eigenvalue weighted by Crippen LogP contribution is -2.03. The van der Waals surface area contributed by atoms with Crippen LogP contribution in [0.5, 0.6) is 5.75 Å². The summed E-state index contributed by atoms with van der Waals surface area (Å²) in [6.45, 7) is 6.62. The Bertz CT molecular complexity index is 334. The number of benzene rings is 1. The lowest BCUT2D eigenvalue weighted by molar-refractivity contribution is 0.407. The summed E-state index contributed by atoms with van der Waals surface area (Å²) >= 11 is 4.33. The fourth-order valence-corrected chi connectivity index (χ4v) is 1.96. The topological polar surface area (TPSA) is 9.23 Å². The van der Waals surface area contributed by atoms with Gasteiger partial charge in [0, 0.05) is 0 Å². The Morgan fingerprint density at radius 3 is 2.44 bits per heavy atom. The van der Waals surface area contributed by atoms with Gasteiger partial charge in [0.25, 0.3) is 0 Å². The van der Waals surface area contributed by atoms with Crippen molar-refractivity contribution in [2.75, 3.05) is 12.9 Å². The van der Waals surface area contributed by atoms with Crippen LogP contribution in [0.25, 0.3) is 0 Å². The van der Waals surface area contributed by atoms with Crippen LogP contribution in [0, 0.1) is 5.92 Å². The highest BCUT2D eigenvalue weighted by molar-refractivity contribution is 7.80. The molecule has 1 nitrogen and oxygen atoms in total. The van der Waals surface area contributed by atoms with Gasteiger partial charge >= 0.3 is 0 Å². The molecule has 1 atom stereocenters. The molecule has 0 spiro atoms. The fourth-order valence-electron chi connectivity index (χ4n) is 1.83. The third-order valence-electron chi connectivity index (χ3n) is 2.81. The predicted octanol–water partition coefficient (Wildman–Crippen LogP) is 3.93. The maximum absolute atomic E-state index is 5.38. The molecule has 1 aromatic carbocycles. The highest BCUT2D eigenvalue weighted by Gasteiger charge is 2.09. The van der Waals surface area contributed by atoms with Crippen LogP contribution < -0.4 is 4.74 Å². The van der Waals surface area contributed by atoms with E-state index in [1.165, 1.54) is 11.1 Å². The molecule has 0 aliphatic carbocycles. The van der Waals surface area contributed by atoms with Crippen molar-refractivity contribution in [3.8, 4) is 5.75 Å². The largest absolute Gasteiger partial charge is 0.496 e. The molecule has 1 unspecified atom stereocenters. The van der Waals surface area contributed by atoms with Gasteiger partial charge in [-0.15, -0.1) is 0 Å². The van der Waals surface area contributed by atoms with Crippen LogP contribution >= 0.6 is 12.6 Å². The van der Waals surface area contributed by atoms with E-state index in [1.807, 2.05) is 0 Å². The molecule has 90 valence electrons. The molecule has 0 N–H and O–H groups in total. The van der Waals surface area contributed by atoms with E-state index < -0.39 is 0 Å². The second-order valence-corrected chi connectivity index (χ2v) is 5.09. The molecule has 16 heavy (non-hydrogen) atoms. The molecular weight excluding hydrogens is 216 g/mol. The first-order chi connectivity index (χ1) is 7.58. The van der Waals surface area contributed by atoms with E-state index in [2.05, 4.69) is 51.6 Å². The van der Waals surface area contributed by atoms with E-state index in [0.29, 0.717) is 11.8 Å². The van der Waals surface area contributed by atoms with E-state index in [4.69, 9.17) is 4.74 Å². The van der Waals surface area contributed by atoms with Gasteiger partial charge in [-0.05, 0) is 41.2 Å². The van der Waals surface area contributed by atoms with E-state index in [1.54, 1.807) is 7.11 Å². The van der Waals surface area contributed by atoms with Crippen molar-refractivity contribution in [1.29, 1.82) is 0 Å². The number of thiol groups is 1. The summed E-state index contributed by atoms with van der Waals surface area (Å²) in [5.41, 5.74) is 2.68. The Kier molecular flexibility index (Phi) is 5.20. The standard InChI is InChI=1S/C14H22OS/c1-10(2)13-8-12(7-11(3)9-16)5-6-14(13)15-4/h5-6,8,10-11,16H,7,9H2,1-4H3. The Labute approximate surface area is 105 Å². The van der Waals surface area contributed by atoms with Gasteiger partial charge in [0.1, 0.15) is 5.75 Å². The first-order valence-corrected chi connectivity index (χ1v) is 6.49. The zero-order valence-electron chi connectivity index (χ0n) is 10.7. The third-order valence-corrected chi connectivity index (χ3v) is 3.44. The van der Waals surface area contributed by atoms with Crippen LogP contribution in [0.15, 0.2) is 18.2 Å². The molecule has 0 fully saturated rings. The zero-order chi connectivity index (χ0) is 12.1. The summed E-state index contributed by atoms with van der Waals surface area (Å²) in [4.78, 5) is 0. The summed E-state index contributed by atoms with van der Waals surface area (Å²) in [5.74, 6) is 3.05. The van der Waals surface area contributed by atoms with Gasteiger partial charge in [-0.3, -0.25) is 0 Å². The van der Waals surface area contributed by atoms with Crippen molar-refractivity contribution < 1.29 is 4.74 Å². The van der Waals surface area contributed by atoms with Crippen molar-refractivity contribution in [2.45, 2.75) is 33.1 Å². The molecule has 0 aromatic heterocycles. The van der Waals surface area contributed by atoms with E-state index >= 15 is 0 Å².